The summed E-state index contributed by atoms with van der Waals surface area (Å²) in [6.45, 7) is 2.24. The first-order valence-electron chi connectivity index (χ1n) is 5.26. The first-order valence-corrected chi connectivity index (χ1v) is 5.26. The average Bonchev–Trinajstić information content (AvgIpc) is 2.17. The molecule has 2 heterocycles. The summed E-state index contributed by atoms with van der Waals surface area (Å²) in [6, 6.07) is 0.347. The lowest BCUT2D eigenvalue weighted by Crippen LogP contribution is -2.50. The average molecular weight is 220 g/mol. The molecule has 1 unspecified atom stereocenters. The van der Waals surface area contributed by atoms with E-state index in [1.807, 2.05) is 0 Å². The maximum absolute atomic E-state index is 11.0. The van der Waals surface area contributed by atoms with E-state index in [-0.39, 0.29) is 18.3 Å². The van der Waals surface area contributed by atoms with Gasteiger partial charge in [0.25, 0.3) is 0 Å². The van der Waals surface area contributed by atoms with Gasteiger partial charge in [-0.25, -0.2) is 0 Å². The lowest BCUT2D eigenvalue weighted by molar-refractivity contribution is -0.146. The minimum Gasteiger partial charge on any atom is -0.481 e. The van der Waals surface area contributed by atoms with Crippen LogP contribution in [-0.2, 0) is 4.79 Å². The third-order valence-electron chi connectivity index (χ3n) is 3.41. The molecule has 2 atom stereocenters. The maximum Gasteiger partial charge on any atom is 0.308 e. The molecule has 82 valence electrons. The lowest BCUT2D eigenvalue weighted by Gasteiger charge is -2.42. The Morgan fingerprint density at radius 1 is 1.14 bits per heavy atom. The van der Waals surface area contributed by atoms with E-state index in [1.165, 1.54) is 12.8 Å². The Bertz CT molecular complexity index is 208. The molecule has 2 aliphatic heterocycles. The number of carbonyl (C=O) groups is 1. The molecular formula is C10H18ClNO2. The van der Waals surface area contributed by atoms with E-state index in [2.05, 4.69) is 4.90 Å². The normalized spacial score (nSPS) is 32.9. The van der Waals surface area contributed by atoms with Crippen LogP contribution in [0.2, 0.25) is 0 Å². The number of piperidine rings is 2. The molecule has 1 N–H and O–H groups in total. The number of fused-ring (bicyclic) bond motifs is 1. The zero-order valence-corrected chi connectivity index (χ0v) is 9.13. The summed E-state index contributed by atoms with van der Waals surface area (Å²) < 4.78 is 0. The van der Waals surface area contributed by atoms with E-state index in [0.29, 0.717) is 6.04 Å². The van der Waals surface area contributed by atoms with Gasteiger partial charge >= 0.3 is 5.97 Å². The zero-order valence-electron chi connectivity index (χ0n) is 8.32. The molecular weight excluding hydrogens is 202 g/mol. The zero-order chi connectivity index (χ0) is 9.26. The molecule has 2 aliphatic rings. The van der Waals surface area contributed by atoms with Crippen molar-refractivity contribution in [2.24, 2.45) is 5.92 Å². The lowest BCUT2D eigenvalue weighted by atomic mass is 9.84. The highest BCUT2D eigenvalue weighted by Gasteiger charge is 2.36. The molecule has 2 fully saturated rings. The van der Waals surface area contributed by atoms with E-state index in [1.54, 1.807) is 0 Å². The van der Waals surface area contributed by atoms with Crippen molar-refractivity contribution in [3.8, 4) is 0 Å². The van der Waals surface area contributed by atoms with Gasteiger partial charge in [-0.15, -0.1) is 12.4 Å². The van der Waals surface area contributed by atoms with Crippen LogP contribution in [0.3, 0.4) is 0 Å². The van der Waals surface area contributed by atoms with Gasteiger partial charge in [0.2, 0.25) is 0 Å². The van der Waals surface area contributed by atoms with Gasteiger partial charge in [-0.05, 0) is 38.8 Å². The van der Waals surface area contributed by atoms with Crippen LogP contribution in [0.1, 0.15) is 32.1 Å². The smallest absolute Gasteiger partial charge is 0.308 e. The van der Waals surface area contributed by atoms with Crippen LogP contribution < -0.4 is 0 Å². The van der Waals surface area contributed by atoms with Gasteiger partial charge in [0.1, 0.15) is 0 Å². The molecule has 2 rings (SSSR count). The molecule has 0 radical (unpaired) electrons. The molecule has 0 aromatic heterocycles. The third-order valence-corrected chi connectivity index (χ3v) is 3.41. The second kappa shape index (κ2) is 4.99. The molecule has 4 heteroatoms. The molecule has 0 aliphatic carbocycles. The number of carboxylic acid groups (broad SMARTS) is 1. The Hall–Kier alpha value is -0.280. The van der Waals surface area contributed by atoms with E-state index < -0.39 is 5.97 Å². The Morgan fingerprint density at radius 2 is 1.86 bits per heavy atom. The van der Waals surface area contributed by atoms with Gasteiger partial charge in [0.15, 0.2) is 0 Å². The summed E-state index contributed by atoms with van der Waals surface area (Å²) in [5.74, 6) is -0.675. The van der Waals surface area contributed by atoms with Crippen LogP contribution in [-0.4, -0.2) is 35.1 Å². The van der Waals surface area contributed by atoms with Crippen molar-refractivity contribution in [1.82, 2.24) is 4.90 Å². The van der Waals surface area contributed by atoms with Crippen molar-refractivity contribution in [2.75, 3.05) is 13.1 Å². The topological polar surface area (TPSA) is 40.5 Å². The van der Waals surface area contributed by atoms with Gasteiger partial charge in [0, 0.05) is 6.04 Å². The molecule has 0 aromatic carbocycles. The largest absolute Gasteiger partial charge is 0.481 e. The number of carboxylic acids is 1. The number of hydrogen-bond donors (Lipinski definition) is 1. The molecule has 0 spiro atoms. The van der Waals surface area contributed by atoms with E-state index in [4.69, 9.17) is 5.11 Å². The summed E-state index contributed by atoms with van der Waals surface area (Å²) in [5, 5.41) is 9.05. The van der Waals surface area contributed by atoms with E-state index in [0.717, 1.165) is 32.4 Å². The third kappa shape index (κ3) is 2.20. The van der Waals surface area contributed by atoms with Crippen LogP contribution in [0.5, 0.6) is 0 Å². The van der Waals surface area contributed by atoms with Crippen molar-refractivity contribution >= 4 is 18.4 Å². The monoisotopic (exact) mass is 219 g/mol. The van der Waals surface area contributed by atoms with Crippen LogP contribution in [0.25, 0.3) is 0 Å². The predicted octanol–water partition coefficient (Wildman–Crippen LogP) is 1.76. The molecule has 0 saturated carbocycles. The van der Waals surface area contributed by atoms with Crippen LogP contribution in [0.4, 0.5) is 0 Å². The molecule has 2 saturated heterocycles. The fourth-order valence-corrected chi connectivity index (χ4v) is 2.74. The highest BCUT2D eigenvalue weighted by atomic mass is 35.5. The minimum atomic E-state index is -0.586. The SMILES string of the molecule is Cl.O=C(O)[C@@H]1CCCN2CCCCC12. The molecule has 14 heavy (non-hydrogen) atoms. The van der Waals surface area contributed by atoms with Gasteiger partial charge in [0.05, 0.1) is 5.92 Å². The second-order valence-electron chi connectivity index (χ2n) is 4.19. The first kappa shape index (κ1) is 11.8. The van der Waals surface area contributed by atoms with Gasteiger partial charge in [-0.1, -0.05) is 6.42 Å². The molecule has 3 nitrogen and oxygen atoms in total. The highest BCUT2D eigenvalue weighted by Crippen LogP contribution is 2.30. The Kier molecular flexibility index (Phi) is 4.20. The Morgan fingerprint density at radius 3 is 2.57 bits per heavy atom. The van der Waals surface area contributed by atoms with Crippen LogP contribution in [0.15, 0.2) is 0 Å². The summed E-state index contributed by atoms with van der Waals surface area (Å²) in [7, 11) is 0. The van der Waals surface area contributed by atoms with E-state index >= 15 is 0 Å². The maximum atomic E-state index is 11.0. The van der Waals surface area contributed by atoms with Crippen LogP contribution >= 0.6 is 12.4 Å². The predicted molar refractivity (Wildman–Crippen MR) is 56.8 cm³/mol. The highest BCUT2D eigenvalue weighted by molar-refractivity contribution is 5.85. The van der Waals surface area contributed by atoms with Crippen molar-refractivity contribution in [2.45, 2.75) is 38.1 Å². The fourth-order valence-electron chi connectivity index (χ4n) is 2.74. The number of hydrogen-bond acceptors (Lipinski definition) is 2. The quantitative estimate of drug-likeness (QED) is 0.731. The van der Waals surface area contributed by atoms with E-state index in [9.17, 15) is 4.79 Å². The molecule has 0 bridgehead atoms. The Balaban J connectivity index is 0.000000980. The van der Waals surface area contributed by atoms with Crippen molar-refractivity contribution in [3.05, 3.63) is 0 Å². The summed E-state index contributed by atoms with van der Waals surface area (Å²) >= 11 is 0. The van der Waals surface area contributed by atoms with Gasteiger partial charge in [-0.2, -0.15) is 0 Å². The molecule has 0 aromatic rings. The van der Waals surface area contributed by atoms with Crippen molar-refractivity contribution in [3.63, 3.8) is 0 Å². The van der Waals surface area contributed by atoms with Crippen LogP contribution in [0, 0.1) is 5.92 Å². The Labute approximate surface area is 90.9 Å². The number of rotatable bonds is 1. The number of nitrogens with zero attached hydrogens (tertiary/aromatic N) is 1. The fraction of sp³-hybridized carbons (Fsp3) is 0.900. The standard InChI is InChI=1S/C10H17NO2.ClH/c12-10(13)8-4-3-7-11-6-2-1-5-9(8)11;/h8-9H,1-7H2,(H,12,13);1H/t8-,9?;/m1./s1. The summed E-state index contributed by atoms with van der Waals surface area (Å²) in [4.78, 5) is 13.4. The van der Waals surface area contributed by atoms with Crippen molar-refractivity contribution < 1.29 is 9.90 Å². The number of aliphatic carboxylic acids is 1. The van der Waals surface area contributed by atoms with Gasteiger partial charge in [-0.3, -0.25) is 9.69 Å². The summed E-state index contributed by atoms with van der Waals surface area (Å²) in [6.07, 6.45) is 5.51. The van der Waals surface area contributed by atoms with Crippen molar-refractivity contribution in [1.29, 1.82) is 0 Å². The summed E-state index contributed by atoms with van der Waals surface area (Å²) in [5.41, 5.74) is 0. The minimum absolute atomic E-state index is 0. The number of halogens is 1. The second-order valence-corrected chi connectivity index (χ2v) is 4.19. The molecule has 0 amide bonds. The van der Waals surface area contributed by atoms with Gasteiger partial charge < -0.3 is 5.11 Å². The first-order chi connectivity index (χ1) is 6.29.